The predicted molar refractivity (Wildman–Crippen MR) is 141 cm³/mol. The Kier molecular flexibility index (Phi) is 7.67. The summed E-state index contributed by atoms with van der Waals surface area (Å²) < 4.78 is 46.7. The summed E-state index contributed by atoms with van der Waals surface area (Å²) in [7, 11) is 0. The first-order chi connectivity index (χ1) is 18.4. The summed E-state index contributed by atoms with van der Waals surface area (Å²) in [6, 6.07) is 14.6. The van der Waals surface area contributed by atoms with Crippen LogP contribution in [0, 0.1) is 0 Å². The predicted octanol–water partition coefficient (Wildman–Crippen LogP) is 6.75. The van der Waals surface area contributed by atoms with E-state index in [0.717, 1.165) is 11.8 Å². The molecule has 2 heterocycles. The van der Waals surface area contributed by atoms with Crippen LogP contribution in [0.3, 0.4) is 0 Å². The summed E-state index contributed by atoms with van der Waals surface area (Å²) in [5.74, 6) is -4.01. The zero-order valence-corrected chi connectivity index (χ0v) is 22.3. The number of hydrogen-bond donors (Lipinski definition) is 0. The van der Waals surface area contributed by atoms with Gasteiger partial charge in [-0.1, -0.05) is 30.3 Å². The van der Waals surface area contributed by atoms with Crippen LogP contribution in [0.25, 0.3) is 22.3 Å². The van der Waals surface area contributed by atoms with E-state index >= 15 is 0 Å². The van der Waals surface area contributed by atoms with E-state index in [9.17, 15) is 18.4 Å². The van der Waals surface area contributed by atoms with Crippen molar-refractivity contribution in [1.29, 1.82) is 0 Å². The van der Waals surface area contributed by atoms with Gasteiger partial charge in [-0.15, -0.1) is 0 Å². The summed E-state index contributed by atoms with van der Waals surface area (Å²) in [6.45, 7) is 7.73. The van der Waals surface area contributed by atoms with Crippen LogP contribution in [-0.2, 0) is 22.0 Å². The van der Waals surface area contributed by atoms with Gasteiger partial charge in [-0.3, -0.25) is 4.57 Å². The Morgan fingerprint density at radius 1 is 1.03 bits per heavy atom. The molecular formula is C29H29F2N3O5. The molecule has 0 aliphatic heterocycles. The number of carbonyl (C=O) groups excluding carboxylic acids is 2. The molecule has 8 nitrogen and oxygen atoms in total. The summed E-state index contributed by atoms with van der Waals surface area (Å²) in [5.41, 5.74) is -0.319. The number of ether oxygens (including phenoxy) is 3. The molecular weight excluding hydrogens is 508 g/mol. The molecule has 204 valence electrons. The molecule has 2 aromatic heterocycles. The van der Waals surface area contributed by atoms with Gasteiger partial charge in [0.15, 0.2) is 5.82 Å². The smallest absolute Gasteiger partial charge is 0.419 e. The molecule has 0 saturated carbocycles. The molecule has 0 fully saturated rings. The number of esters is 1. The third-order valence-electron chi connectivity index (χ3n) is 5.56. The van der Waals surface area contributed by atoms with Gasteiger partial charge in [-0.25, -0.2) is 19.6 Å². The van der Waals surface area contributed by atoms with Crippen LogP contribution in [-0.4, -0.2) is 38.8 Å². The number of alkyl halides is 2. The number of fused-ring (bicyclic) bond motifs is 1. The van der Waals surface area contributed by atoms with Crippen LogP contribution in [0.2, 0.25) is 0 Å². The molecule has 0 unspecified atom stereocenters. The largest absolute Gasteiger partial charge is 0.489 e. The van der Waals surface area contributed by atoms with Crippen molar-refractivity contribution in [3.8, 4) is 17.1 Å². The van der Waals surface area contributed by atoms with E-state index in [-0.39, 0.29) is 12.4 Å². The van der Waals surface area contributed by atoms with Crippen molar-refractivity contribution in [1.82, 2.24) is 14.5 Å². The minimum Gasteiger partial charge on any atom is -0.489 e. The first kappa shape index (κ1) is 27.7. The first-order valence-electron chi connectivity index (χ1n) is 12.4. The first-order valence-corrected chi connectivity index (χ1v) is 12.4. The number of aromatic nitrogens is 3. The maximum atomic E-state index is 14.5. The number of benzene rings is 2. The van der Waals surface area contributed by atoms with E-state index < -0.39 is 34.8 Å². The third-order valence-corrected chi connectivity index (χ3v) is 5.56. The molecule has 0 amide bonds. The van der Waals surface area contributed by atoms with Crippen molar-refractivity contribution in [3.05, 3.63) is 77.7 Å². The van der Waals surface area contributed by atoms with Crippen molar-refractivity contribution in [2.75, 3.05) is 6.61 Å². The van der Waals surface area contributed by atoms with Crippen LogP contribution < -0.4 is 4.74 Å². The van der Waals surface area contributed by atoms with Gasteiger partial charge >= 0.3 is 12.1 Å². The van der Waals surface area contributed by atoms with Crippen molar-refractivity contribution in [2.45, 2.75) is 52.7 Å². The molecule has 0 aliphatic carbocycles. The average molecular weight is 538 g/mol. The molecule has 0 bridgehead atoms. The van der Waals surface area contributed by atoms with Gasteiger partial charge in [0.1, 0.15) is 29.2 Å². The second-order valence-corrected chi connectivity index (χ2v) is 9.91. The van der Waals surface area contributed by atoms with E-state index in [1.165, 1.54) is 10.8 Å². The molecule has 0 aliphatic rings. The number of halogens is 2. The number of hydrogen-bond acceptors (Lipinski definition) is 7. The van der Waals surface area contributed by atoms with E-state index in [1.807, 2.05) is 30.3 Å². The maximum absolute atomic E-state index is 14.5. The van der Waals surface area contributed by atoms with E-state index in [0.29, 0.717) is 35.7 Å². The molecule has 2 aromatic carbocycles. The lowest BCUT2D eigenvalue weighted by Gasteiger charge is -2.19. The lowest BCUT2D eigenvalue weighted by molar-refractivity contribution is 0.00963. The molecule has 0 N–H and O–H groups in total. The summed E-state index contributed by atoms with van der Waals surface area (Å²) in [5, 5.41) is 0.502. The second kappa shape index (κ2) is 10.8. The number of carbonyl (C=O) groups is 2. The van der Waals surface area contributed by atoms with Gasteiger partial charge in [0, 0.05) is 36.3 Å². The van der Waals surface area contributed by atoms with Crippen molar-refractivity contribution >= 4 is 23.0 Å². The van der Waals surface area contributed by atoms with E-state index in [2.05, 4.69) is 9.97 Å². The van der Waals surface area contributed by atoms with E-state index in [4.69, 9.17) is 14.2 Å². The van der Waals surface area contributed by atoms with Crippen LogP contribution in [0.1, 0.15) is 56.2 Å². The minimum absolute atomic E-state index is 0.00731. The van der Waals surface area contributed by atoms with Gasteiger partial charge in [0.05, 0.1) is 12.1 Å². The molecule has 4 aromatic rings. The normalized spacial score (nSPS) is 11.9. The van der Waals surface area contributed by atoms with Crippen molar-refractivity contribution in [2.24, 2.45) is 0 Å². The van der Waals surface area contributed by atoms with E-state index in [1.54, 1.807) is 45.9 Å². The highest BCUT2D eigenvalue weighted by Crippen LogP contribution is 2.35. The Morgan fingerprint density at radius 3 is 2.38 bits per heavy atom. The van der Waals surface area contributed by atoms with Gasteiger partial charge in [-0.2, -0.15) is 8.78 Å². The summed E-state index contributed by atoms with van der Waals surface area (Å²) in [4.78, 5) is 33.6. The van der Waals surface area contributed by atoms with Gasteiger partial charge in [0.2, 0.25) is 0 Å². The van der Waals surface area contributed by atoms with Crippen molar-refractivity contribution < 1.29 is 32.6 Å². The van der Waals surface area contributed by atoms with Gasteiger partial charge < -0.3 is 14.2 Å². The van der Waals surface area contributed by atoms with Crippen LogP contribution in [0.15, 0.2) is 60.9 Å². The lowest BCUT2D eigenvalue weighted by atomic mass is 10.1. The number of nitrogens with zero attached hydrogens (tertiary/aromatic N) is 3. The fourth-order valence-electron chi connectivity index (χ4n) is 3.88. The molecule has 0 spiro atoms. The summed E-state index contributed by atoms with van der Waals surface area (Å²) >= 11 is 0. The maximum Gasteiger partial charge on any atom is 0.419 e. The number of rotatable bonds is 7. The Labute approximate surface area is 224 Å². The van der Waals surface area contributed by atoms with Crippen LogP contribution in [0.4, 0.5) is 13.6 Å². The average Bonchev–Trinajstić information content (AvgIpc) is 3.25. The Hall–Kier alpha value is -4.34. The molecule has 4 rings (SSSR count). The minimum atomic E-state index is -3.46. The fraction of sp³-hybridized carbons (Fsp3) is 0.310. The second-order valence-electron chi connectivity index (χ2n) is 9.91. The molecule has 0 atom stereocenters. The Bertz CT molecular complexity index is 1510. The van der Waals surface area contributed by atoms with Crippen LogP contribution in [0.5, 0.6) is 5.75 Å². The molecule has 0 radical (unpaired) electrons. The van der Waals surface area contributed by atoms with Gasteiger partial charge in [0.25, 0.3) is 5.92 Å². The monoisotopic (exact) mass is 537 g/mol. The highest BCUT2D eigenvalue weighted by atomic mass is 19.3. The highest BCUT2D eigenvalue weighted by molar-refractivity contribution is 6.00. The zero-order valence-electron chi connectivity index (χ0n) is 22.3. The quantitative estimate of drug-likeness (QED) is 0.241. The topological polar surface area (TPSA) is 92.5 Å². The molecule has 10 heteroatoms. The fourth-order valence-corrected chi connectivity index (χ4v) is 3.88. The highest BCUT2D eigenvalue weighted by Gasteiger charge is 2.34. The Morgan fingerprint density at radius 2 is 1.74 bits per heavy atom. The summed E-state index contributed by atoms with van der Waals surface area (Å²) in [6.07, 6.45) is 1.76. The van der Waals surface area contributed by atoms with Gasteiger partial charge in [-0.05, 0) is 45.4 Å². The van der Waals surface area contributed by atoms with Crippen molar-refractivity contribution in [3.63, 3.8) is 0 Å². The molecule has 0 saturated heterocycles. The van der Waals surface area contributed by atoms with Crippen LogP contribution >= 0.6 is 0 Å². The lowest BCUT2D eigenvalue weighted by Crippen LogP contribution is -2.26. The standard InChI is InChI=1S/C29H29F2N3O5/c1-6-37-26(35)21-15-32-25(33-24(21)29(5,30)31)22-16-34(27(36)39-28(2,3)4)23-14-19(12-13-20(22)23)38-17-18-10-8-7-9-11-18/h7-16H,6,17H2,1-5H3. The third kappa shape index (κ3) is 6.39. The molecule has 39 heavy (non-hydrogen) atoms. The Balaban J connectivity index is 1.82. The zero-order chi connectivity index (χ0) is 28.4. The SMILES string of the molecule is CCOC(=O)c1cnc(-c2cn(C(=O)OC(C)(C)C)c3cc(OCc4ccccc4)ccc23)nc1C(C)(F)F.